The van der Waals surface area contributed by atoms with Crippen molar-refractivity contribution in [1.82, 2.24) is 0 Å². The fourth-order valence-electron chi connectivity index (χ4n) is 2.21. The van der Waals surface area contributed by atoms with Crippen LogP contribution >= 0.6 is 15.9 Å². The summed E-state index contributed by atoms with van der Waals surface area (Å²) >= 11 is 3.40. The molecule has 1 amide bonds. The van der Waals surface area contributed by atoms with Gasteiger partial charge in [-0.15, -0.1) is 0 Å². The number of anilines is 1. The minimum absolute atomic E-state index is 0.0495. The minimum Gasteiger partial charge on any atom is -0.492 e. The molecule has 108 valence electrons. The molecule has 0 saturated heterocycles. The van der Waals surface area contributed by atoms with Crippen molar-refractivity contribution in [3.05, 3.63) is 53.0 Å². The highest BCUT2D eigenvalue weighted by atomic mass is 79.9. The zero-order chi connectivity index (χ0) is 14.7. The molecule has 1 aliphatic heterocycles. The third-order valence-electron chi connectivity index (χ3n) is 3.19. The number of amides is 1. The molecule has 21 heavy (non-hydrogen) atoms. The summed E-state index contributed by atoms with van der Waals surface area (Å²) in [6, 6.07) is 15.2. The predicted octanol–water partition coefficient (Wildman–Crippen LogP) is 3.25. The number of para-hydroxylation sites is 2. The Bertz CT molecular complexity index is 659. The number of fused-ring (bicyclic) bond motifs is 1. The molecule has 1 aliphatic rings. The topological polar surface area (TPSA) is 38.8 Å². The molecule has 5 heteroatoms. The monoisotopic (exact) mass is 347 g/mol. The molecule has 0 unspecified atom stereocenters. The van der Waals surface area contributed by atoms with Crippen LogP contribution in [-0.4, -0.2) is 25.7 Å². The van der Waals surface area contributed by atoms with Crippen molar-refractivity contribution in [1.29, 1.82) is 0 Å². The van der Waals surface area contributed by atoms with Crippen molar-refractivity contribution < 1.29 is 14.3 Å². The Kier molecular flexibility index (Phi) is 4.10. The van der Waals surface area contributed by atoms with E-state index in [9.17, 15) is 4.79 Å². The predicted molar refractivity (Wildman–Crippen MR) is 83.9 cm³/mol. The molecular weight excluding hydrogens is 334 g/mol. The molecule has 0 aliphatic carbocycles. The third kappa shape index (κ3) is 3.19. The minimum atomic E-state index is -0.0495. The number of carbonyl (C=O) groups is 1. The number of nitrogens with zero attached hydrogens (tertiary/aromatic N) is 1. The van der Waals surface area contributed by atoms with Crippen molar-refractivity contribution in [2.75, 3.05) is 24.7 Å². The Morgan fingerprint density at radius 3 is 2.90 bits per heavy atom. The van der Waals surface area contributed by atoms with Crippen LogP contribution in [-0.2, 0) is 4.79 Å². The molecule has 2 aromatic carbocycles. The van der Waals surface area contributed by atoms with Gasteiger partial charge in [-0.25, -0.2) is 0 Å². The van der Waals surface area contributed by atoms with Crippen LogP contribution in [0.3, 0.4) is 0 Å². The maximum absolute atomic E-state index is 12.0. The lowest BCUT2D eigenvalue weighted by Gasteiger charge is -2.29. The molecule has 0 N–H and O–H groups in total. The Balaban J connectivity index is 1.66. The van der Waals surface area contributed by atoms with E-state index in [-0.39, 0.29) is 12.5 Å². The van der Waals surface area contributed by atoms with Crippen LogP contribution in [0.1, 0.15) is 0 Å². The number of halogens is 1. The fourth-order valence-corrected chi connectivity index (χ4v) is 2.59. The summed E-state index contributed by atoms with van der Waals surface area (Å²) in [6.07, 6.45) is 0. The summed E-state index contributed by atoms with van der Waals surface area (Å²) in [4.78, 5) is 13.7. The number of carbonyl (C=O) groups excluding carboxylic acids is 1. The first-order chi connectivity index (χ1) is 10.2. The van der Waals surface area contributed by atoms with Gasteiger partial charge in [0.2, 0.25) is 0 Å². The van der Waals surface area contributed by atoms with Gasteiger partial charge in [0.15, 0.2) is 6.61 Å². The summed E-state index contributed by atoms with van der Waals surface area (Å²) < 4.78 is 12.1. The standard InChI is InChI=1S/C16H14BrNO3/c17-12-4-3-5-13(10-12)20-9-8-18-14-6-1-2-7-15(14)21-11-16(18)19/h1-7,10H,8-9,11H2. The highest BCUT2D eigenvalue weighted by molar-refractivity contribution is 9.10. The second kappa shape index (κ2) is 6.18. The summed E-state index contributed by atoms with van der Waals surface area (Å²) in [6.45, 7) is 0.996. The highest BCUT2D eigenvalue weighted by Gasteiger charge is 2.24. The maximum atomic E-state index is 12.0. The Labute approximate surface area is 131 Å². The van der Waals surface area contributed by atoms with Crippen molar-refractivity contribution in [3.63, 3.8) is 0 Å². The quantitative estimate of drug-likeness (QED) is 0.852. The Hall–Kier alpha value is -2.01. The molecule has 2 aromatic rings. The lowest BCUT2D eigenvalue weighted by molar-refractivity contribution is -0.121. The molecular formula is C16H14BrNO3. The van der Waals surface area contributed by atoms with Crippen LogP contribution in [0, 0.1) is 0 Å². The van der Waals surface area contributed by atoms with Gasteiger partial charge in [0.25, 0.3) is 5.91 Å². The SMILES string of the molecule is O=C1COc2ccccc2N1CCOc1cccc(Br)c1. The molecule has 3 rings (SSSR count). The van der Waals surface area contributed by atoms with Gasteiger partial charge in [-0.3, -0.25) is 4.79 Å². The van der Waals surface area contributed by atoms with Gasteiger partial charge >= 0.3 is 0 Å². The Morgan fingerprint density at radius 2 is 2.05 bits per heavy atom. The van der Waals surface area contributed by atoms with Gasteiger partial charge in [-0.1, -0.05) is 34.1 Å². The zero-order valence-electron chi connectivity index (χ0n) is 11.3. The van der Waals surface area contributed by atoms with E-state index in [0.717, 1.165) is 21.7 Å². The van der Waals surface area contributed by atoms with Crippen LogP contribution in [0.2, 0.25) is 0 Å². The van der Waals surface area contributed by atoms with Crippen molar-refractivity contribution in [3.8, 4) is 11.5 Å². The molecule has 0 saturated carbocycles. The van der Waals surface area contributed by atoms with E-state index in [0.29, 0.717) is 13.2 Å². The molecule has 0 atom stereocenters. The van der Waals surface area contributed by atoms with E-state index in [4.69, 9.17) is 9.47 Å². The molecule has 0 radical (unpaired) electrons. The normalized spacial score (nSPS) is 13.6. The van der Waals surface area contributed by atoms with Crippen LogP contribution in [0.25, 0.3) is 0 Å². The van der Waals surface area contributed by atoms with Crippen LogP contribution in [0.5, 0.6) is 11.5 Å². The lowest BCUT2D eigenvalue weighted by Crippen LogP contribution is -2.41. The van der Waals surface area contributed by atoms with Crippen molar-refractivity contribution >= 4 is 27.5 Å². The maximum Gasteiger partial charge on any atom is 0.265 e. The number of benzene rings is 2. The van der Waals surface area contributed by atoms with Gasteiger partial charge in [0, 0.05) is 4.47 Å². The molecule has 0 spiro atoms. The first kappa shape index (κ1) is 13.9. The first-order valence-electron chi connectivity index (χ1n) is 6.64. The van der Waals surface area contributed by atoms with Crippen molar-refractivity contribution in [2.45, 2.75) is 0 Å². The molecule has 4 nitrogen and oxygen atoms in total. The number of hydrogen-bond acceptors (Lipinski definition) is 3. The molecule has 0 aromatic heterocycles. The first-order valence-corrected chi connectivity index (χ1v) is 7.44. The van der Waals surface area contributed by atoms with Gasteiger partial charge in [-0.2, -0.15) is 0 Å². The second-order valence-corrected chi connectivity index (χ2v) is 5.52. The van der Waals surface area contributed by atoms with Crippen molar-refractivity contribution in [2.24, 2.45) is 0 Å². The van der Waals surface area contributed by atoms with E-state index in [1.807, 2.05) is 48.5 Å². The van der Waals surface area contributed by atoms with Gasteiger partial charge in [-0.05, 0) is 30.3 Å². The fraction of sp³-hybridized carbons (Fsp3) is 0.188. The van der Waals surface area contributed by atoms with E-state index < -0.39 is 0 Å². The second-order valence-electron chi connectivity index (χ2n) is 4.61. The summed E-state index contributed by atoms with van der Waals surface area (Å²) in [5, 5.41) is 0. The summed E-state index contributed by atoms with van der Waals surface area (Å²) in [7, 11) is 0. The lowest BCUT2D eigenvalue weighted by atomic mass is 10.2. The third-order valence-corrected chi connectivity index (χ3v) is 3.68. The average molecular weight is 348 g/mol. The smallest absolute Gasteiger partial charge is 0.265 e. The molecule has 0 bridgehead atoms. The average Bonchev–Trinajstić information content (AvgIpc) is 2.50. The van der Waals surface area contributed by atoms with Crippen LogP contribution in [0.4, 0.5) is 5.69 Å². The van der Waals surface area contributed by atoms with Crippen LogP contribution < -0.4 is 14.4 Å². The van der Waals surface area contributed by atoms with E-state index in [1.54, 1.807) is 4.90 Å². The number of hydrogen-bond donors (Lipinski definition) is 0. The van der Waals surface area contributed by atoms with Gasteiger partial charge in [0.1, 0.15) is 18.1 Å². The van der Waals surface area contributed by atoms with E-state index >= 15 is 0 Å². The summed E-state index contributed by atoms with van der Waals surface area (Å²) in [5.74, 6) is 1.46. The van der Waals surface area contributed by atoms with E-state index in [2.05, 4.69) is 15.9 Å². The van der Waals surface area contributed by atoms with Crippen LogP contribution in [0.15, 0.2) is 53.0 Å². The summed E-state index contributed by atoms with van der Waals surface area (Å²) in [5.41, 5.74) is 0.798. The zero-order valence-corrected chi connectivity index (χ0v) is 12.9. The number of ether oxygens (including phenoxy) is 2. The molecule has 1 heterocycles. The van der Waals surface area contributed by atoms with Gasteiger partial charge < -0.3 is 14.4 Å². The largest absolute Gasteiger partial charge is 0.492 e. The number of rotatable bonds is 4. The highest BCUT2D eigenvalue weighted by Crippen LogP contribution is 2.31. The van der Waals surface area contributed by atoms with E-state index in [1.165, 1.54) is 0 Å². The Morgan fingerprint density at radius 1 is 1.19 bits per heavy atom. The van der Waals surface area contributed by atoms with Gasteiger partial charge in [0.05, 0.1) is 12.2 Å². The molecule has 0 fully saturated rings.